The second-order valence-electron chi connectivity index (χ2n) is 8.69. The van der Waals surface area contributed by atoms with E-state index in [2.05, 4.69) is 6.92 Å². The van der Waals surface area contributed by atoms with Crippen LogP contribution in [-0.2, 0) is 0 Å². The molecule has 2 aliphatic rings. The van der Waals surface area contributed by atoms with Crippen LogP contribution in [0, 0.1) is 23.4 Å². The topological polar surface area (TPSA) is 0 Å². The molecular formula is C22H33F3Si. The number of hydrogen-bond acceptors (Lipinski definition) is 0. The second kappa shape index (κ2) is 9.43. The Bertz CT molecular complexity index is 550. The molecule has 0 aromatic heterocycles. The molecule has 3 rings (SSSR count). The van der Waals surface area contributed by atoms with Crippen molar-refractivity contribution < 1.29 is 13.2 Å². The molecule has 1 saturated heterocycles. The zero-order valence-electron chi connectivity index (χ0n) is 16.1. The Morgan fingerprint density at radius 1 is 0.885 bits per heavy atom. The van der Waals surface area contributed by atoms with Crippen molar-refractivity contribution in [3.63, 3.8) is 0 Å². The summed E-state index contributed by atoms with van der Waals surface area (Å²) in [6, 6.07) is 5.01. The van der Waals surface area contributed by atoms with Gasteiger partial charge in [0.25, 0.3) is 0 Å². The van der Waals surface area contributed by atoms with Crippen LogP contribution < -0.4 is 0 Å². The predicted molar refractivity (Wildman–Crippen MR) is 105 cm³/mol. The average Bonchev–Trinajstić information content (AvgIpc) is 2.67. The molecule has 1 aliphatic carbocycles. The monoisotopic (exact) mass is 382 g/mol. The van der Waals surface area contributed by atoms with Gasteiger partial charge in [0.2, 0.25) is 0 Å². The minimum absolute atomic E-state index is 0.216. The Kier molecular flexibility index (Phi) is 7.25. The van der Waals surface area contributed by atoms with Crippen molar-refractivity contribution in [2.24, 2.45) is 5.92 Å². The lowest BCUT2D eigenvalue weighted by atomic mass is 9.85. The normalized spacial score (nSPS) is 29.7. The van der Waals surface area contributed by atoms with Crippen molar-refractivity contribution in [3.05, 3.63) is 35.1 Å². The van der Waals surface area contributed by atoms with E-state index in [4.69, 9.17) is 0 Å². The van der Waals surface area contributed by atoms with Crippen LogP contribution in [0.5, 0.6) is 0 Å². The van der Waals surface area contributed by atoms with Gasteiger partial charge in [-0.1, -0.05) is 70.4 Å². The molecule has 26 heavy (non-hydrogen) atoms. The fraction of sp³-hybridized carbons (Fsp3) is 0.727. The Labute approximate surface area is 158 Å². The smallest absolute Gasteiger partial charge is 0.194 e. The van der Waals surface area contributed by atoms with Crippen LogP contribution in [0.1, 0.15) is 82.6 Å². The highest BCUT2D eigenvalue weighted by Crippen LogP contribution is 2.44. The summed E-state index contributed by atoms with van der Waals surface area (Å²) in [5.74, 6) is -2.24. The predicted octanol–water partition coefficient (Wildman–Crippen LogP) is 7.35. The van der Waals surface area contributed by atoms with Crippen molar-refractivity contribution in [3.8, 4) is 0 Å². The van der Waals surface area contributed by atoms with Gasteiger partial charge in [0.1, 0.15) is 0 Å². The molecule has 0 nitrogen and oxygen atoms in total. The summed E-state index contributed by atoms with van der Waals surface area (Å²) in [6.07, 6.45) is 13.3. The second-order valence-corrected chi connectivity index (χ2v) is 12.3. The Morgan fingerprint density at radius 3 is 2.08 bits per heavy atom. The largest absolute Gasteiger partial charge is 0.204 e. The minimum atomic E-state index is -1.34. The lowest BCUT2D eigenvalue weighted by Gasteiger charge is -2.37. The van der Waals surface area contributed by atoms with Crippen LogP contribution >= 0.6 is 0 Å². The number of rotatable bonds is 6. The highest BCUT2D eigenvalue weighted by molar-refractivity contribution is 6.60. The van der Waals surface area contributed by atoms with Gasteiger partial charge in [-0.05, 0) is 47.9 Å². The quantitative estimate of drug-likeness (QED) is 0.274. The van der Waals surface area contributed by atoms with Gasteiger partial charge in [-0.2, -0.15) is 0 Å². The highest BCUT2D eigenvalue weighted by Gasteiger charge is 2.32. The first-order valence-electron chi connectivity index (χ1n) is 10.7. The molecule has 0 amide bonds. The summed E-state index contributed by atoms with van der Waals surface area (Å²) in [5, 5.41) is 0. The molecule has 1 aliphatic heterocycles. The summed E-state index contributed by atoms with van der Waals surface area (Å²) in [6.45, 7) is 2.27. The molecule has 4 heteroatoms. The maximum atomic E-state index is 13.5. The molecule has 146 valence electrons. The minimum Gasteiger partial charge on any atom is -0.204 e. The molecule has 1 aromatic carbocycles. The van der Waals surface area contributed by atoms with E-state index in [1.54, 1.807) is 0 Å². The number of hydrogen-bond donors (Lipinski definition) is 0. The summed E-state index contributed by atoms with van der Waals surface area (Å²) in [7, 11) is -0.726. The SMILES string of the molecule is CCCCC[C@H]1CC[C@H]([SiH]2CCC(c3cc(F)c(F)c(F)c3)CC2)CC1. The number of halogens is 3. The van der Waals surface area contributed by atoms with E-state index in [1.165, 1.54) is 75.6 Å². The van der Waals surface area contributed by atoms with Crippen molar-refractivity contribution in [2.75, 3.05) is 0 Å². The van der Waals surface area contributed by atoms with Gasteiger partial charge in [-0.25, -0.2) is 13.2 Å². The third-order valence-electron chi connectivity index (χ3n) is 7.02. The van der Waals surface area contributed by atoms with Crippen LogP contribution in [-0.4, -0.2) is 8.80 Å². The molecule has 1 heterocycles. The van der Waals surface area contributed by atoms with E-state index < -0.39 is 26.2 Å². The lowest BCUT2D eigenvalue weighted by Crippen LogP contribution is -2.29. The molecule has 1 aromatic rings. The molecule has 0 unspecified atom stereocenters. The van der Waals surface area contributed by atoms with E-state index >= 15 is 0 Å². The summed E-state index contributed by atoms with van der Waals surface area (Å²) < 4.78 is 40.2. The first-order valence-corrected chi connectivity index (χ1v) is 13.0. The number of benzene rings is 1. The van der Waals surface area contributed by atoms with Crippen molar-refractivity contribution in [2.45, 2.75) is 94.7 Å². The van der Waals surface area contributed by atoms with Gasteiger partial charge in [0.15, 0.2) is 17.5 Å². The van der Waals surface area contributed by atoms with E-state index in [0.29, 0.717) is 5.56 Å². The lowest BCUT2D eigenvalue weighted by molar-refractivity contribution is 0.325. The highest BCUT2D eigenvalue weighted by atomic mass is 28.3. The Balaban J connectivity index is 1.46. The van der Waals surface area contributed by atoms with E-state index in [0.717, 1.165) is 24.3 Å². The molecule has 0 spiro atoms. The first kappa shape index (κ1) is 20.0. The Hall–Kier alpha value is -0.773. The molecule has 1 saturated carbocycles. The summed E-state index contributed by atoms with van der Waals surface area (Å²) in [5.41, 5.74) is 1.65. The van der Waals surface area contributed by atoms with E-state index in [-0.39, 0.29) is 5.92 Å². The van der Waals surface area contributed by atoms with Crippen molar-refractivity contribution in [1.82, 2.24) is 0 Å². The van der Waals surface area contributed by atoms with E-state index in [9.17, 15) is 13.2 Å². The zero-order valence-corrected chi connectivity index (χ0v) is 17.2. The van der Waals surface area contributed by atoms with Crippen molar-refractivity contribution in [1.29, 1.82) is 0 Å². The maximum absolute atomic E-state index is 13.5. The Morgan fingerprint density at radius 2 is 1.50 bits per heavy atom. The van der Waals surface area contributed by atoms with Gasteiger partial charge in [0.05, 0.1) is 0 Å². The standard InChI is InChI=1S/C22H33F3Si/c1-2-3-4-5-16-6-8-19(9-7-16)26-12-10-17(11-13-26)18-14-20(23)22(25)21(24)15-18/h14-17,19,26H,2-13H2,1H3/t16-,17?,19-,26?. The molecule has 0 atom stereocenters. The van der Waals surface area contributed by atoms with Crippen LogP contribution in [0.2, 0.25) is 17.6 Å². The van der Waals surface area contributed by atoms with Gasteiger partial charge in [0, 0.05) is 8.80 Å². The zero-order chi connectivity index (χ0) is 18.5. The van der Waals surface area contributed by atoms with Gasteiger partial charge in [-0.15, -0.1) is 0 Å². The van der Waals surface area contributed by atoms with Crippen LogP contribution in [0.4, 0.5) is 13.2 Å². The molecule has 0 radical (unpaired) electrons. The van der Waals surface area contributed by atoms with Gasteiger partial charge >= 0.3 is 0 Å². The fourth-order valence-corrected chi connectivity index (χ4v) is 9.59. The fourth-order valence-electron chi connectivity index (χ4n) is 5.37. The van der Waals surface area contributed by atoms with Gasteiger partial charge < -0.3 is 0 Å². The van der Waals surface area contributed by atoms with Gasteiger partial charge in [-0.3, -0.25) is 0 Å². The average molecular weight is 383 g/mol. The van der Waals surface area contributed by atoms with Crippen LogP contribution in [0.15, 0.2) is 12.1 Å². The van der Waals surface area contributed by atoms with Crippen molar-refractivity contribution >= 4 is 8.80 Å². The number of unbranched alkanes of at least 4 members (excludes halogenated alkanes) is 2. The summed E-state index contributed by atoms with van der Waals surface area (Å²) in [4.78, 5) is 0. The van der Waals surface area contributed by atoms with E-state index in [1.807, 2.05) is 0 Å². The molecule has 0 bridgehead atoms. The molecule has 2 fully saturated rings. The maximum Gasteiger partial charge on any atom is 0.194 e. The first-order chi connectivity index (χ1) is 12.6. The molecule has 0 N–H and O–H groups in total. The van der Waals surface area contributed by atoms with Crippen LogP contribution in [0.25, 0.3) is 0 Å². The molecular weight excluding hydrogens is 349 g/mol. The third kappa shape index (κ3) is 4.93. The van der Waals surface area contributed by atoms with Crippen LogP contribution in [0.3, 0.4) is 0 Å². The summed E-state index contributed by atoms with van der Waals surface area (Å²) >= 11 is 0. The third-order valence-corrected chi connectivity index (χ3v) is 11.2.